The smallest absolute Gasteiger partial charge is 0.870 e. The van der Waals surface area contributed by atoms with E-state index in [-0.39, 0.29) is 27.3 Å². The molecule has 0 atom stereocenters. The third-order valence-electron chi connectivity index (χ3n) is 3.77. The molecule has 0 saturated carbocycles. The minimum Gasteiger partial charge on any atom is -0.870 e. The molecule has 0 N–H and O–H groups in total. The van der Waals surface area contributed by atoms with Crippen LogP contribution in [0.25, 0.3) is 0 Å². The van der Waals surface area contributed by atoms with Crippen LogP contribution in [0.4, 0.5) is 0 Å². The van der Waals surface area contributed by atoms with Crippen molar-refractivity contribution in [3.63, 3.8) is 0 Å². The SMILES string of the molecule is COC1=CC=C=C[CH]1.COC1=CC=C=C[CH]1.O=c1cccccc1[O-].O=c1cccccc1[O-].[Pb+2]. The number of ether oxygens (including phenoxy) is 2. The molecule has 2 aliphatic rings. The van der Waals surface area contributed by atoms with Gasteiger partial charge in [-0.25, -0.2) is 0 Å². The molecule has 0 saturated heterocycles. The van der Waals surface area contributed by atoms with Gasteiger partial charge >= 0.3 is 27.3 Å². The van der Waals surface area contributed by atoms with Crippen LogP contribution >= 0.6 is 0 Å². The van der Waals surface area contributed by atoms with E-state index in [1.54, 1.807) is 50.6 Å². The molecular formula is C28H24O6Pb. The standard InChI is InChI=1S/2C7H6O2.2C7H7O.Pb/c2*8-6-4-2-1-3-5-7(6)9;2*1-8-7-5-3-2-4-6-7;/h2*1-5H,(H,8,9);2*3-6H,1H3;/q;;;;+2/p-2. The predicted octanol–water partition coefficient (Wildman–Crippen LogP) is 2.75. The van der Waals surface area contributed by atoms with E-state index in [4.69, 9.17) is 9.47 Å². The fourth-order valence-corrected chi connectivity index (χ4v) is 2.04. The van der Waals surface area contributed by atoms with Crippen molar-refractivity contribution >= 4 is 27.3 Å². The first-order chi connectivity index (χ1) is 16.5. The van der Waals surface area contributed by atoms with Crippen molar-refractivity contribution in [1.29, 1.82) is 0 Å². The number of rotatable bonds is 2. The van der Waals surface area contributed by atoms with Gasteiger partial charge in [-0.15, -0.1) is 11.5 Å². The normalized spacial score (nSPS) is 11.8. The Kier molecular flexibility index (Phi) is 17.8. The van der Waals surface area contributed by atoms with Gasteiger partial charge in [-0.3, -0.25) is 9.59 Å². The third kappa shape index (κ3) is 15.0. The van der Waals surface area contributed by atoms with Crippen LogP contribution in [0, 0.1) is 12.8 Å². The molecule has 0 aromatic heterocycles. The molecule has 4 radical (unpaired) electrons. The zero-order valence-corrected chi connectivity index (χ0v) is 23.2. The Morgan fingerprint density at radius 2 is 0.971 bits per heavy atom. The fourth-order valence-electron chi connectivity index (χ4n) is 2.04. The van der Waals surface area contributed by atoms with Gasteiger partial charge in [0, 0.05) is 0 Å². The van der Waals surface area contributed by atoms with Crippen LogP contribution < -0.4 is 21.1 Å². The molecule has 7 heteroatoms. The second kappa shape index (κ2) is 19.9. The number of methoxy groups -OCH3 is 2. The summed E-state index contributed by atoms with van der Waals surface area (Å²) in [6.07, 6.45) is 14.7. The van der Waals surface area contributed by atoms with Gasteiger partial charge in [-0.05, 0) is 48.6 Å². The molecule has 0 heterocycles. The maximum absolute atomic E-state index is 10.5. The molecule has 2 aromatic rings. The van der Waals surface area contributed by atoms with E-state index in [9.17, 15) is 19.8 Å². The van der Waals surface area contributed by atoms with Gasteiger partial charge in [0.25, 0.3) is 0 Å². The van der Waals surface area contributed by atoms with Crippen LogP contribution in [0.5, 0.6) is 11.5 Å². The quantitative estimate of drug-likeness (QED) is 0.362. The Balaban J connectivity index is 0.000000437. The first kappa shape index (κ1) is 31.4. The molecule has 0 spiro atoms. The second-order valence-electron chi connectivity index (χ2n) is 6.16. The molecule has 4 rings (SSSR count). The Morgan fingerprint density at radius 3 is 1.26 bits per heavy atom. The van der Waals surface area contributed by atoms with E-state index in [1.165, 1.54) is 24.3 Å². The van der Waals surface area contributed by atoms with Crippen LogP contribution in [0.15, 0.2) is 130 Å². The molecule has 2 aliphatic carbocycles. The van der Waals surface area contributed by atoms with Gasteiger partial charge in [-0.2, -0.15) is 0 Å². The van der Waals surface area contributed by atoms with E-state index < -0.39 is 22.4 Å². The van der Waals surface area contributed by atoms with Crippen molar-refractivity contribution in [2.24, 2.45) is 0 Å². The predicted molar refractivity (Wildman–Crippen MR) is 134 cm³/mol. The molecule has 0 bridgehead atoms. The van der Waals surface area contributed by atoms with Crippen molar-refractivity contribution in [2.75, 3.05) is 14.2 Å². The number of hydrogen-bond donors (Lipinski definition) is 0. The van der Waals surface area contributed by atoms with Crippen molar-refractivity contribution < 1.29 is 19.7 Å². The van der Waals surface area contributed by atoms with Crippen LogP contribution in [-0.2, 0) is 9.47 Å². The number of allylic oxidation sites excluding steroid dienone is 4. The summed E-state index contributed by atoms with van der Waals surface area (Å²) in [7, 11) is 3.30. The van der Waals surface area contributed by atoms with Crippen LogP contribution in [0.3, 0.4) is 0 Å². The van der Waals surface area contributed by atoms with Crippen molar-refractivity contribution in [3.8, 4) is 11.5 Å². The molecular weight excluding hydrogens is 640 g/mol. The fraction of sp³-hybridized carbons (Fsp3) is 0.0714. The maximum Gasteiger partial charge on any atom is 2.00 e. The summed E-state index contributed by atoms with van der Waals surface area (Å²) in [4.78, 5) is 21.0. The van der Waals surface area contributed by atoms with Gasteiger partial charge in [0.1, 0.15) is 11.5 Å². The van der Waals surface area contributed by atoms with E-state index >= 15 is 0 Å². The van der Waals surface area contributed by atoms with E-state index in [0.717, 1.165) is 11.5 Å². The minimum atomic E-state index is -0.458. The van der Waals surface area contributed by atoms with Gasteiger partial charge < -0.3 is 19.7 Å². The van der Waals surface area contributed by atoms with Gasteiger partial charge in [0.15, 0.2) is 10.9 Å². The Morgan fingerprint density at radius 1 is 0.600 bits per heavy atom. The first-order valence-electron chi connectivity index (χ1n) is 10.0. The first-order valence-corrected chi connectivity index (χ1v) is 10.0. The summed E-state index contributed by atoms with van der Waals surface area (Å²) in [5, 5.41) is 21.0. The van der Waals surface area contributed by atoms with Crippen LogP contribution in [0.1, 0.15) is 0 Å². The second-order valence-corrected chi connectivity index (χ2v) is 6.16. The maximum atomic E-state index is 10.5. The molecule has 2 aromatic carbocycles. The average molecular weight is 664 g/mol. The monoisotopic (exact) mass is 664 g/mol. The number of hydrogen-bond acceptors (Lipinski definition) is 6. The molecule has 0 amide bonds. The Labute approximate surface area is 225 Å². The van der Waals surface area contributed by atoms with Crippen LogP contribution in [-0.4, -0.2) is 41.5 Å². The minimum absolute atomic E-state index is 0. The zero-order chi connectivity index (χ0) is 25.0. The van der Waals surface area contributed by atoms with E-state index in [1.807, 2.05) is 49.3 Å². The average Bonchev–Trinajstić information content (AvgIpc) is 3.20. The summed E-state index contributed by atoms with van der Waals surface area (Å²) >= 11 is 0. The largest absolute Gasteiger partial charge is 2.00 e. The van der Waals surface area contributed by atoms with Crippen molar-refractivity contribution in [2.45, 2.75) is 0 Å². The summed E-state index contributed by atoms with van der Waals surface area (Å²) in [5.41, 5.74) is 4.86. The Bertz CT molecular complexity index is 1120. The van der Waals surface area contributed by atoms with Crippen molar-refractivity contribution in [3.05, 3.63) is 153 Å². The molecule has 176 valence electrons. The van der Waals surface area contributed by atoms with Gasteiger partial charge in [0.05, 0.1) is 27.1 Å². The topological polar surface area (TPSA) is 98.7 Å². The molecule has 0 unspecified atom stereocenters. The van der Waals surface area contributed by atoms with Gasteiger partial charge in [0.2, 0.25) is 0 Å². The molecule has 6 nitrogen and oxygen atoms in total. The zero-order valence-electron chi connectivity index (χ0n) is 19.3. The Hall–Kier alpha value is -3.58. The van der Waals surface area contributed by atoms with E-state index in [2.05, 4.69) is 11.5 Å². The molecule has 0 fully saturated rings. The summed E-state index contributed by atoms with van der Waals surface area (Å²) < 4.78 is 9.79. The summed E-state index contributed by atoms with van der Waals surface area (Å²) in [6.45, 7) is 0. The van der Waals surface area contributed by atoms with Crippen LogP contribution in [0.2, 0.25) is 0 Å². The van der Waals surface area contributed by atoms with E-state index in [0.29, 0.717) is 0 Å². The van der Waals surface area contributed by atoms with Gasteiger partial charge in [-0.1, -0.05) is 60.0 Å². The third-order valence-corrected chi connectivity index (χ3v) is 3.77. The summed E-state index contributed by atoms with van der Waals surface area (Å²) in [6, 6.07) is 14.5. The summed E-state index contributed by atoms with van der Waals surface area (Å²) in [5.74, 6) is 0.840. The molecule has 0 aliphatic heterocycles. The van der Waals surface area contributed by atoms with Crippen molar-refractivity contribution in [1.82, 2.24) is 0 Å². The molecule has 35 heavy (non-hydrogen) atoms.